The molecular formula is C21H24N2O4. The summed E-state index contributed by atoms with van der Waals surface area (Å²) < 4.78 is 16.1. The second-order valence-corrected chi connectivity index (χ2v) is 6.78. The molecule has 2 aliphatic rings. The Morgan fingerprint density at radius 2 is 1.85 bits per heavy atom. The van der Waals surface area contributed by atoms with Gasteiger partial charge in [0, 0.05) is 31.7 Å². The van der Waals surface area contributed by atoms with Gasteiger partial charge in [-0.1, -0.05) is 24.3 Å². The maximum atomic E-state index is 12.5. The number of fused-ring (bicyclic) bond motifs is 1. The summed E-state index contributed by atoms with van der Waals surface area (Å²) in [5, 5.41) is 3.07. The first-order valence-electron chi connectivity index (χ1n) is 9.34. The zero-order chi connectivity index (χ0) is 18.5. The van der Waals surface area contributed by atoms with Crippen LogP contribution in [0.1, 0.15) is 17.5 Å². The number of morpholine rings is 1. The summed E-state index contributed by atoms with van der Waals surface area (Å²) in [4.78, 5) is 14.8. The Hall–Kier alpha value is -2.57. The molecule has 27 heavy (non-hydrogen) atoms. The van der Waals surface area contributed by atoms with Crippen molar-refractivity contribution in [2.24, 2.45) is 0 Å². The van der Waals surface area contributed by atoms with Gasteiger partial charge in [-0.05, 0) is 35.7 Å². The van der Waals surface area contributed by atoms with Gasteiger partial charge in [0.25, 0.3) is 0 Å². The van der Waals surface area contributed by atoms with Crippen LogP contribution in [0, 0.1) is 0 Å². The van der Waals surface area contributed by atoms with Gasteiger partial charge in [0.1, 0.15) is 0 Å². The number of ether oxygens (including phenoxy) is 3. The topological polar surface area (TPSA) is 60.0 Å². The highest BCUT2D eigenvalue weighted by Gasteiger charge is 2.15. The van der Waals surface area contributed by atoms with E-state index in [0.717, 1.165) is 61.2 Å². The summed E-state index contributed by atoms with van der Waals surface area (Å²) in [6, 6.07) is 13.8. The smallest absolute Gasteiger partial charge is 0.231 e. The second kappa shape index (κ2) is 8.41. The average Bonchev–Trinajstić information content (AvgIpc) is 3.17. The molecule has 2 heterocycles. The molecule has 1 amide bonds. The Kier molecular flexibility index (Phi) is 5.55. The fraction of sp³-hybridized carbons (Fsp3) is 0.381. The van der Waals surface area contributed by atoms with Crippen LogP contribution >= 0.6 is 0 Å². The lowest BCUT2D eigenvalue weighted by molar-refractivity contribution is -0.116. The molecule has 0 radical (unpaired) electrons. The number of rotatable bonds is 6. The number of aryl methyl sites for hydroxylation is 1. The van der Waals surface area contributed by atoms with E-state index in [2.05, 4.69) is 16.3 Å². The molecule has 1 N–H and O–H groups in total. The Balaban J connectivity index is 1.34. The normalized spacial score (nSPS) is 16.3. The molecule has 0 bridgehead atoms. The van der Waals surface area contributed by atoms with E-state index in [1.807, 2.05) is 36.4 Å². The molecule has 2 aromatic carbocycles. The Morgan fingerprint density at radius 3 is 2.74 bits per heavy atom. The quantitative estimate of drug-likeness (QED) is 0.850. The predicted octanol–water partition coefficient (Wildman–Crippen LogP) is 2.82. The number of amides is 1. The van der Waals surface area contributed by atoms with E-state index >= 15 is 0 Å². The lowest BCUT2D eigenvalue weighted by Gasteiger charge is -2.27. The number of para-hydroxylation sites is 1. The van der Waals surface area contributed by atoms with Crippen molar-refractivity contribution in [2.75, 3.05) is 38.4 Å². The molecule has 4 rings (SSSR count). The Labute approximate surface area is 159 Å². The summed E-state index contributed by atoms with van der Waals surface area (Å²) in [7, 11) is 0. The molecule has 6 heteroatoms. The SMILES string of the molecule is O=C(CCc1ccc2c(c1)OCO2)Nc1ccccc1CN1CCOCC1. The molecule has 2 aliphatic heterocycles. The molecule has 0 aliphatic carbocycles. The van der Waals surface area contributed by atoms with Gasteiger partial charge in [0.2, 0.25) is 12.7 Å². The molecule has 6 nitrogen and oxygen atoms in total. The fourth-order valence-electron chi connectivity index (χ4n) is 3.35. The maximum absolute atomic E-state index is 12.5. The Morgan fingerprint density at radius 1 is 1.04 bits per heavy atom. The first-order chi connectivity index (χ1) is 13.3. The van der Waals surface area contributed by atoms with Crippen LogP contribution in [0.15, 0.2) is 42.5 Å². The second-order valence-electron chi connectivity index (χ2n) is 6.78. The van der Waals surface area contributed by atoms with Gasteiger partial charge < -0.3 is 19.5 Å². The summed E-state index contributed by atoms with van der Waals surface area (Å²) >= 11 is 0. The van der Waals surface area contributed by atoms with Crippen LogP contribution in [0.3, 0.4) is 0 Å². The summed E-state index contributed by atoms with van der Waals surface area (Å²) in [6.45, 7) is 4.47. The van der Waals surface area contributed by atoms with Gasteiger partial charge in [-0.15, -0.1) is 0 Å². The third kappa shape index (κ3) is 4.59. The standard InChI is InChI=1S/C21H24N2O4/c24-21(8-6-16-5-7-19-20(13-16)27-15-26-19)22-18-4-2-1-3-17(18)14-23-9-11-25-12-10-23/h1-5,7,13H,6,8-12,14-15H2,(H,22,24). The molecule has 1 fully saturated rings. The highest BCUT2D eigenvalue weighted by molar-refractivity contribution is 5.91. The first-order valence-corrected chi connectivity index (χ1v) is 9.34. The van der Waals surface area contributed by atoms with Crippen molar-refractivity contribution in [2.45, 2.75) is 19.4 Å². The molecule has 142 valence electrons. The van der Waals surface area contributed by atoms with Crippen LogP contribution in [-0.4, -0.2) is 43.9 Å². The van der Waals surface area contributed by atoms with Crippen LogP contribution in [0.5, 0.6) is 11.5 Å². The minimum atomic E-state index is 0.0158. The summed E-state index contributed by atoms with van der Waals surface area (Å²) in [5.74, 6) is 1.53. The molecule has 0 aromatic heterocycles. The van der Waals surface area contributed by atoms with Gasteiger partial charge in [0.15, 0.2) is 11.5 Å². The number of nitrogens with one attached hydrogen (secondary N) is 1. The average molecular weight is 368 g/mol. The van der Waals surface area contributed by atoms with Gasteiger partial charge in [-0.2, -0.15) is 0 Å². The molecule has 0 saturated carbocycles. The van der Waals surface area contributed by atoms with Crippen molar-refractivity contribution in [3.05, 3.63) is 53.6 Å². The minimum absolute atomic E-state index is 0.0158. The third-order valence-corrected chi connectivity index (χ3v) is 4.87. The van der Waals surface area contributed by atoms with E-state index in [0.29, 0.717) is 12.8 Å². The largest absolute Gasteiger partial charge is 0.454 e. The van der Waals surface area contributed by atoms with Crippen molar-refractivity contribution in [3.63, 3.8) is 0 Å². The highest BCUT2D eigenvalue weighted by atomic mass is 16.7. The van der Waals surface area contributed by atoms with Gasteiger partial charge in [0.05, 0.1) is 13.2 Å². The minimum Gasteiger partial charge on any atom is -0.454 e. The number of carbonyl (C=O) groups is 1. The number of anilines is 1. The fourth-order valence-corrected chi connectivity index (χ4v) is 3.35. The molecule has 0 atom stereocenters. The van der Waals surface area contributed by atoms with Crippen molar-refractivity contribution in [3.8, 4) is 11.5 Å². The molecule has 0 spiro atoms. The third-order valence-electron chi connectivity index (χ3n) is 4.87. The molecule has 1 saturated heterocycles. The van der Waals surface area contributed by atoms with E-state index in [1.165, 1.54) is 0 Å². The number of carbonyl (C=O) groups excluding carboxylic acids is 1. The number of hydrogen-bond acceptors (Lipinski definition) is 5. The number of nitrogens with zero attached hydrogens (tertiary/aromatic N) is 1. The summed E-state index contributed by atoms with van der Waals surface area (Å²) in [5.41, 5.74) is 3.09. The molecular weight excluding hydrogens is 344 g/mol. The van der Waals surface area contributed by atoms with Crippen molar-refractivity contribution in [1.29, 1.82) is 0 Å². The van der Waals surface area contributed by atoms with E-state index in [4.69, 9.17) is 14.2 Å². The number of hydrogen-bond donors (Lipinski definition) is 1. The van der Waals surface area contributed by atoms with E-state index in [-0.39, 0.29) is 12.7 Å². The van der Waals surface area contributed by atoms with Gasteiger partial charge >= 0.3 is 0 Å². The summed E-state index contributed by atoms with van der Waals surface area (Å²) in [6.07, 6.45) is 1.08. The van der Waals surface area contributed by atoms with Crippen LogP contribution in [0.25, 0.3) is 0 Å². The van der Waals surface area contributed by atoms with E-state index < -0.39 is 0 Å². The van der Waals surface area contributed by atoms with Crippen molar-refractivity contribution in [1.82, 2.24) is 4.90 Å². The van der Waals surface area contributed by atoms with Crippen LogP contribution in [0.2, 0.25) is 0 Å². The number of benzene rings is 2. The van der Waals surface area contributed by atoms with Crippen molar-refractivity contribution >= 4 is 11.6 Å². The zero-order valence-electron chi connectivity index (χ0n) is 15.3. The van der Waals surface area contributed by atoms with E-state index in [9.17, 15) is 4.79 Å². The maximum Gasteiger partial charge on any atom is 0.231 e. The lowest BCUT2D eigenvalue weighted by atomic mass is 10.1. The highest BCUT2D eigenvalue weighted by Crippen LogP contribution is 2.32. The predicted molar refractivity (Wildman–Crippen MR) is 102 cm³/mol. The van der Waals surface area contributed by atoms with E-state index in [1.54, 1.807) is 0 Å². The lowest BCUT2D eigenvalue weighted by Crippen LogP contribution is -2.35. The zero-order valence-corrected chi connectivity index (χ0v) is 15.3. The van der Waals surface area contributed by atoms with Crippen LogP contribution < -0.4 is 14.8 Å². The van der Waals surface area contributed by atoms with Crippen LogP contribution in [0.4, 0.5) is 5.69 Å². The van der Waals surface area contributed by atoms with Crippen molar-refractivity contribution < 1.29 is 19.0 Å². The monoisotopic (exact) mass is 368 g/mol. The van der Waals surface area contributed by atoms with Crippen LogP contribution in [-0.2, 0) is 22.5 Å². The van der Waals surface area contributed by atoms with Gasteiger partial charge in [-0.3, -0.25) is 9.69 Å². The first kappa shape index (κ1) is 17.8. The van der Waals surface area contributed by atoms with Gasteiger partial charge in [-0.25, -0.2) is 0 Å². The Bertz CT molecular complexity index is 803. The molecule has 2 aromatic rings. The molecule has 0 unspecified atom stereocenters.